The number of amides is 1. The summed E-state index contributed by atoms with van der Waals surface area (Å²) in [5.41, 5.74) is 0.569. The number of carbonyl (C=O) groups is 1. The molecule has 0 atom stereocenters. The second-order valence-corrected chi connectivity index (χ2v) is 7.89. The van der Waals surface area contributed by atoms with Crippen LogP contribution in [0.2, 0.25) is 0 Å². The molecule has 8 heteroatoms. The number of carbonyl (C=O) groups excluding carboxylic acids is 1. The Bertz CT molecular complexity index is 655. The minimum absolute atomic E-state index is 0.226. The van der Waals surface area contributed by atoms with Gasteiger partial charge in [0, 0.05) is 31.9 Å². The van der Waals surface area contributed by atoms with E-state index in [1.165, 1.54) is 11.4 Å². The Balaban J connectivity index is 1.96. The summed E-state index contributed by atoms with van der Waals surface area (Å²) in [6.45, 7) is 0.810. The summed E-state index contributed by atoms with van der Waals surface area (Å²) >= 11 is 0. The van der Waals surface area contributed by atoms with Crippen LogP contribution in [0.1, 0.15) is 25.7 Å². The number of nitrogens with one attached hydrogen (secondary N) is 1. The van der Waals surface area contributed by atoms with E-state index in [0.29, 0.717) is 24.5 Å². The van der Waals surface area contributed by atoms with Crippen molar-refractivity contribution < 1.29 is 17.9 Å². The number of methoxy groups -OCH3 is 1. The molecule has 1 saturated heterocycles. The summed E-state index contributed by atoms with van der Waals surface area (Å²) in [4.78, 5) is 12.1. The Hall–Kier alpha value is -1.64. The molecule has 0 saturated carbocycles. The lowest BCUT2D eigenvalue weighted by Gasteiger charge is -2.26. The third kappa shape index (κ3) is 4.93. The van der Waals surface area contributed by atoms with Crippen LogP contribution in [0.25, 0.3) is 0 Å². The molecule has 1 aliphatic heterocycles. The number of rotatable bonds is 6. The number of anilines is 1. The van der Waals surface area contributed by atoms with Crippen molar-refractivity contribution in [3.63, 3.8) is 0 Å². The number of benzene rings is 1. The lowest BCUT2D eigenvalue weighted by molar-refractivity contribution is -0.116. The van der Waals surface area contributed by atoms with E-state index in [4.69, 9.17) is 4.74 Å². The van der Waals surface area contributed by atoms with E-state index < -0.39 is 10.2 Å². The molecule has 0 spiro atoms. The third-order valence-electron chi connectivity index (χ3n) is 4.00. The highest BCUT2D eigenvalue weighted by Crippen LogP contribution is 2.18. The Labute approximate surface area is 143 Å². The predicted molar refractivity (Wildman–Crippen MR) is 93.2 cm³/mol. The molecule has 0 bridgehead atoms. The summed E-state index contributed by atoms with van der Waals surface area (Å²) in [5, 5.41) is 2.69. The van der Waals surface area contributed by atoms with Gasteiger partial charge in [0.25, 0.3) is 10.2 Å². The molecule has 1 aliphatic rings. The summed E-state index contributed by atoms with van der Waals surface area (Å²) in [6, 6.07) is 6.93. The van der Waals surface area contributed by atoms with Crippen LogP contribution in [0.4, 0.5) is 5.69 Å². The van der Waals surface area contributed by atoms with Crippen LogP contribution in [0.3, 0.4) is 0 Å². The maximum absolute atomic E-state index is 12.6. The summed E-state index contributed by atoms with van der Waals surface area (Å²) < 4.78 is 32.8. The highest BCUT2D eigenvalue weighted by molar-refractivity contribution is 7.86. The third-order valence-corrected chi connectivity index (χ3v) is 5.94. The zero-order valence-corrected chi connectivity index (χ0v) is 15.0. The first-order valence-corrected chi connectivity index (χ1v) is 9.48. The standard InChI is InChI=1S/C16H25N3O4S/c1-18(24(21,22)19-10-5-3-4-6-11-19)13-16(20)17-14-8-7-9-15(12-14)23-2/h7-9,12H,3-6,10-11,13H2,1-2H3,(H,17,20). The number of likely N-dealkylation sites (N-methyl/N-ethyl adjacent to an activating group) is 1. The molecule has 2 rings (SSSR count). The van der Waals surface area contributed by atoms with E-state index in [1.807, 2.05) is 0 Å². The van der Waals surface area contributed by atoms with Crippen molar-refractivity contribution in [2.24, 2.45) is 0 Å². The van der Waals surface area contributed by atoms with Gasteiger partial charge in [-0.25, -0.2) is 0 Å². The molecule has 7 nitrogen and oxygen atoms in total. The molecule has 1 amide bonds. The van der Waals surface area contributed by atoms with E-state index in [2.05, 4.69) is 5.32 Å². The van der Waals surface area contributed by atoms with Gasteiger partial charge in [0.1, 0.15) is 5.75 Å². The largest absolute Gasteiger partial charge is 0.497 e. The normalized spacial score (nSPS) is 16.6. The van der Waals surface area contributed by atoms with E-state index in [0.717, 1.165) is 30.0 Å². The van der Waals surface area contributed by atoms with Gasteiger partial charge in [-0.15, -0.1) is 0 Å². The molecule has 0 radical (unpaired) electrons. The fourth-order valence-electron chi connectivity index (χ4n) is 2.65. The second-order valence-electron chi connectivity index (χ2n) is 5.86. The number of nitrogens with zero attached hydrogens (tertiary/aromatic N) is 2. The molecule has 1 aromatic carbocycles. The van der Waals surface area contributed by atoms with Gasteiger partial charge in [-0.3, -0.25) is 4.79 Å². The Morgan fingerprint density at radius 3 is 2.54 bits per heavy atom. The average Bonchev–Trinajstić information content (AvgIpc) is 2.84. The Kier molecular flexibility index (Phi) is 6.59. The highest BCUT2D eigenvalue weighted by Gasteiger charge is 2.28. The molecular formula is C16H25N3O4S. The molecule has 0 aromatic heterocycles. The first-order valence-electron chi connectivity index (χ1n) is 8.09. The average molecular weight is 355 g/mol. The number of hydrogen-bond acceptors (Lipinski definition) is 4. The topological polar surface area (TPSA) is 79.0 Å². The minimum Gasteiger partial charge on any atom is -0.497 e. The SMILES string of the molecule is COc1cccc(NC(=O)CN(C)S(=O)(=O)N2CCCCCC2)c1. The maximum atomic E-state index is 12.6. The van der Waals surface area contributed by atoms with Gasteiger partial charge in [-0.05, 0) is 25.0 Å². The molecule has 1 heterocycles. The lowest BCUT2D eigenvalue weighted by Crippen LogP contribution is -2.45. The molecular weight excluding hydrogens is 330 g/mol. The molecule has 0 unspecified atom stereocenters. The molecule has 134 valence electrons. The quantitative estimate of drug-likeness (QED) is 0.842. The number of ether oxygens (including phenoxy) is 1. The second kappa shape index (κ2) is 8.46. The first-order chi connectivity index (χ1) is 11.4. The van der Waals surface area contributed by atoms with Crippen LogP contribution in [-0.2, 0) is 15.0 Å². The van der Waals surface area contributed by atoms with Crippen LogP contribution in [0.5, 0.6) is 5.75 Å². The smallest absolute Gasteiger partial charge is 0.282 e. The molecule has 0 aliphatic carbocycles. The van der Waals surface area contributed by atoms with Crippen LogP contribution >= 0.6 is 0 Å². The van der Waals surface area contributed by atoms with Crippen LogP contribution in [0.15, 0.2) is 24.3 Å². The van der Waals surface area contributed by atoms with Crippen molar-refractivity contribution >= 4 is 21.8 Å². The molecule has 1 N–H and O–H groups in total. The van der Waals surface area contributed by atoms with Crippen molar-refractivity contribution in [1.29, 1.82) is 0 Å². The van der Waals surface area contributed by atoms with Crippen LogP contribution in [0, 0.1) is 0 Å². The summed E-state index contributed by atoms with van der Waals surface area (Å²) in [7, 11) is -0.624. The van der Waals surface area contributed by atoms with Crippen molar-refractivity contribution in [2.75, 3.05) is 39.1 Å². The van der Waals surface area contributed by atoms with Gasteiger partial charge in [0.2, 0.25) is 5.91 Å². The van der Waals surface area contributed by atoms with Gasteiger partial charge in [-0.2, -0.15) is 17.0 Å². The van der Waals surface area contributed by atoms with Crippen molar-refractivity contribution in [3.05, 3.63) is 24.3 Å². The fraction of sp³-hybridized carbons (Fsp3) is 0.562. The van der Waals surface area contributed by atoms with Gasteiger partial charge >= 0.3 is 0 Å². The van der Waals surface area contributed by atoms with Crippen molar-refractivity contribution in [1.82, 2.24) is 8.61 Å². The van der Waals surface area contributed by atoms with Crippen molar-refractivity contribution in [2.45, 2.75) is 25.7 Å². The monoisotopic (exact) mass is 355 g/mol. The van der Waals surface area contributed by atoms with Gasteiger partial charge in [0.05, 0.1) is 13.7 Å². The molecule has 24 heavy (non-hydrogen) atoms. The van der Waals surface area contributed by atoms with E-state index >= 15 is 0 Å². The first kappa shape index (κ1) is 18.7. The van der Waals surface area contributed by atoms with Gasteiger partial charge in [-0.1, -0.05) is 18.9 Å². The van der Waals surface area contributed by atoms with Crippen molar-refractivity contribution in [3.8, 4) is 5.75 Å². The minimum atomic E-state index is -3.60. The highest BCUT2D eigenvalue weighted by atomic mass is 32.2. The Morgan fingerprint density at radius 1 is 1.25 bits per heavy atom. The van der Waals surface area contributed by atoms with Gasteiger partial charge < -0.3 is 10.1 Å². The zero-order chi connectivity index (χ0) is 17.6. The summed E-state index contributed by atoms with van der Waals surface area (Å²) in [6.07, 6.45) is 3.82. The molecule has 1 aromatic rings. The van der Waals surface area contributed by atoms with Crippen LogP contribution in [-0.4, -0.2) is 56.7 Å². The predicted octanol–water partition coefficient (Wildman–Crippen LogP) is 1.69. The molecule has 1 fully saturated rings. The van der Waals surface area contributed by atoms with E-state index in [9.17, 15) is 13.2 Å². The summed E-state index contributed by atoms with van der Waals surface area (Å²) in [5.74, 6) is 0.238. The van der Waals surface area contributed by atoms with Crippen LogP contribution < -0.4 is 10.1 Å². The van der Waals surface area contributed by atoms with Gasteiger partial charge in [0.15, 0.2) is 0 Å². The lowest BCUT2D eigenvalue weighted by atomic mass is 10.2. The maximum Gasteiger partial charge on any atom is 0.282 e. The fourth-order valence-corrected chi connectivity index (χ4v) is 4.05. The Morgan fingerprint density at radius 2 is 1.92 bits per heavy atom. The van der Waals surface area contributed by atoms with E-state index in [1.54, 1.807) is 31.4 Å². The zero-order valence-electron chi connectivity index (χ0n) is 14.2. The number of hydrogen-bond donors (Lipinski definition) is 1. The van der Waals surface area contributed by atoms with E-state index in [-0.39, 0.29) is 12.5 Å².